The van der Waals surface area contributed by atoms with E-state index >= 15 is 0 Å². The van der Waals surface area contributed by atoms with Crippen LogP contribution < -0.4 is 19.7 Å². The molecule has 0 saturated heterocycles. The van der Waals surface area contributed by atoms with Crippen LogP contribution in [-0.2, 0) is 0 Å². The van der Waals surface area contributed by atoms with Gasteiger partial charge in [0.2, 0.25) is 5.36 Å². The van der Waals surface area contributed by atoms with Crippen LogP contribution in [0.5, 0.6) is 5.75 Å². The van der Waals surface area contributed by atoms with Gasteiger partial charge in [-0.25, -0.2) is 4.58 Å². The van der Waals surface area contributed by atoms with E-state index < -0.39 is 0 Å². The molecule has 1 aliphatic heterocycles. The van der Waals surface area contributed by atoms with Crippen molar-refractivity contribution in [2.75, 3.05) is 51.1 Å². The lowest BCUT2D eigenvalue weighted by Crippen LogP contribution is -2.21. The highest BCUT2D eigenvalue weighted by molar-refractivity contribution is 6.04. The Hall–Kier alpha value is -3.47. The van der Waals surface area contributed by atoms with Gasteiger partial charge in [-0.2, -0.15) is 0 Å². The van der Waals surface area contributed by atoms with Gasteiger partial charge in [0.25, 0.3) is 0 Å². The third-order valence-electron chi connectivity index (χ3n) is 6.10. The summed E-state index contributed by atoms with van der Waals surface area (Å²) in [4.78, 5) is 4.29. The molecule has 0 spiro atoms. The van der Waals surface area contributed by atoms with Crippen LogP contribution in [0.1, 0.15) is 13.8 Å². The number of aromatic hydroxyl groups is 1. The number of benzene rings is 3. The van der Waals surface area contributed by atoms with Gasteiger partial charge < -0.3 is 19.3 Å². The molecule has 32 heavy (non-hydrogen) atoms. The van der Waals surface area contributed by atoms with E-state index in [2.05, 4.69) is 70.7 Å². The topological polar surface area (TPSA) is 42.9 Å². The fraction of sp³-hybridized carbons (Fsp3) is 0.296. The number of phenolic OH excluding ortho intramolecular Hbond substituents is 1. The lowest BCUT2D eigenvalue weighted by molar-refractivity contribution is 0.477. The van der Waals surface area contributed by atoms with Crippen LogP contribution in [0.2, 0.25) is 0 Å². The number of hydrogen-bond acceptors (Lipinski definition) is 4. The molecule has 0 atom stereocenters. The molecular weight excluding hydrogens is 398 g/mol. The van der Waals surface area contributed by atoms with Crippen LogP contribution in [0, 0.1) is 0 Å². The molecule has 4 rings (SSSR count). The molecule has 166 valence electrons. The van der Waals surface area contributed by atoms with Gasteiger partial charge in [-0.15, -0.1) is 0 Å². The highest BCUT2D eigenvalue weighted by Gasteiger charge is 2.21. The molecule has 1 heterocycles. The molecule has 5 heteroatoms. The molecule has 0 unspecified atom stereocenters. The first-order valence-electron chi connectivity index (χ1n) is 11.1. The summed E-state index contributed by atoms with van der Waals surface area (Å²) in [6.07, 6.45) is 0. The van der Waals surface area contributed by atoms with Crippen molar-refractivity contribution in [3.05, 3.63) is 60.0 Å². The molecule has 2 aromatic rings. The van der Waals surface area contributed by atoms with Gasteiger partial charge in [-0.1, -0.05) is 0 Å². The average Bonchev–Trinajstić information content (AvgIpc) is 2.78. The zero-order valence-electron chi connectivity index (χ0n) is 19.8. The highest BCUT2D eigenvalue weighted by atomic mass is 16.3. The lowest BCUT2D eigenvalue weighted by atomic mass is 9.92. The van der Waals surface area contributed by atoms with Crippen LogP contribution in [0.4, 0.5) is 11.4 Å². The maximum atomic E-state index is 11.1. The third kappa shape index (κ3) is 3.79. The molecule has 1 N–H and O–H groups in total. The number of nitrogens with zero attached hydrogens (tertiary/aromatic N) is 3. The zero-order chi connectivity index (χ0) is 23.0. The van der Waals surface area contributed by atoms with E-state index in [1.165, 1.54) is 0 Å². The second-order valence-corrected chi connectivity index (χ2v) is 8.50. The van der Waals surface area contributed by atoms with E-state index in [0.29, 0.717) is 0 Å². The van der Waals surface area contributed by atoms with Gasteiger partial charge in [-0.3, -0.25) is 0 Å². The van der Waals surface area contributed by atoms with Gasteiger partial charge in [0.1, 0.15) is 31.2 Å². The van der Waals surface area contributed by atoms with Crippen molar-refractivity contribution in [1.29, 1.82) is 0 Å². The molecule has 0 amide bonds. The molecule has 0 aromatic heterocycles. The summed E-state index contributed by atoms with van der Waals surface area (Å²) < 4.78 is 8.44. The van der Waals surface area contributed by atoms with Crippen molar-refractivity contribution in [3.8, 4) is 28.2 Å². The van der Waals surface area contributed by atoms with Crippen molar-refractivity contribution in [3.63, 3.8) is 0 Å². The summed E-state index contributed by atoms with van der Waals surface area (Å²) in [6.45, 7) is 6.04. The Balaban J connectivity index is 2.05. The molecule has 0 radical (unpaired) electrons. The maximum Gasteiger partial charge on any atom is 0.203 e. The first kappa shape index (κ1) is 21.8. The van der Waals surface area contributed by atoms with Crippen LogP contribution >= 0.6 is 0 Å². The zero-order valence-corrected chi connectivity index (χ0v) is 19.8. The number of phenols is 1. The van der Waals surface area contributed by atoms with Gasteiger partial charge >= 0.3 is 0 Å². The standard InChI is InChI=1S/C27H31N3O2/c1-7-30(8-2)20-11-12-21(24(31)15-20)27-22-13-9-18(28(3)4)16-25(22)32-26-17-19(29(5)6)10-14-23(26)27/h9-17H,7-8H2,1-6H3/p+1. The Bertz CT molecular complexity index is 1310. The van der Waals surface area contributed by atoms with E-state index in [1.54, 1.807) is 0 Å². The maximum absolute atomic E-state index is 11.1. The van der Waals surface area contributed by atoms with E-state index in [0.717, 1.165) is 63.2 Å². The second kappa shape index (κ2) is 8.58. The summed E-state index contributed by atoms with van der Waals surface area (Å²) in [5.74, 6) is 1.07. The number of anilines is 2. The SMILES string of the molecule is CCN(CC)c1ccc(-c2c3ccc(=[N+](C)C)cc-3oc3cc(N(C)C)ccc23)c(O)c1. The predicted octanol–water partition coefficient (Wildman–Crippen LogP) is 4.85. The quantitative estimate of drug-likeness (QED) is 0.363. The molecule has 0 fully saturated rings. The molecule has 5 nitrogen and oxygen atoms in total. The third-order valence-corrected chi connectivity index (χ3v) is 6.10. The van der Waals surface area contributed by atoms with Crippen LogP contribution in [0.15, 0.2) is 59.0 Å². The summed E-state index contributed by atoms with van der Waals surface area (Å²) in [7, 11) is 8.08. The minimum absolute atomic E-state index is 0.275. The van der Waals surface area contributed by atoms with Crippen LogP contribution in [0.3, 0.4) is 0 Å². The van der Waals surface area contributed by atoms with Crippen molar-refractivity contribution in [2.24, 2.45) is 0 Å². The smallest absolute Gasteiger partial charge is 0.203 e. The largest absolute Gasteiger partial charge is 0.507 e. The van der Waals surface area contributed by atoms with E-state index in [4.69, 9.17) is 4.42 Å². The van der Waals surface area contributed by atoms with Gasteiger partial charge in [0, 0.05) is 78.8 Å². The fourth-order valence-electron chi connectivity index (χ4n) is 4.23. The first-order valence-corrected chi connectivity index (χ1v) is 11.1. The molecule has 0 saturated carbocycles. The Morgan fingerprint density at radius 1 is 0.844 bits per heavy atom. The van der Waals surface area contributed by atoms with Crippen molar-refractivity contribution >= 4 is 22.3 Å². The van der Waals surface area contributed by atoms with Crippen molar-refractivity contribution in [2.45, 2.75) is 13.8 Å². The summed E-state index contributed by atoms with van der Waals surface area (Å²) in [5, 5.41) is 13.2. The summed E-state index contributed by atoms with van der Waals surface area (Å²) in [6, 6.07) is 18.4. The van der Waals surface area contributed by atoms with E-state index in [9.17, 15) is 5.11 Å². The fourth-order valence-corrected chi connectivity index (χ4v) is 4.23. The lowest BCUT2D eigenvalue weighted by Gasteiger charge is -2.23. The molecule has 0 bridgehead atoms. The van der Waals surface area contributed by atoms with E-state index in [1.807, 2.05) is 40.3 Å². The Kier molecular flexibility index (Phi) is 5.83. The monoisotopic (exact) mass is 430 g/mol. The van der Waals surface area contributed by atoms with Gasteiger partial charge in [0.05, 0.1) is 6.07 Å². The Labute approximate surface area is 189 Å². The van der Waals surface area contributed by atoms with Gasteiger partial charge in [0.15, 0.2) is 0 Å². The molecule has 1 aliphatic carbocycles. The Morgan fingerprint density at radius 3 is 2.16 bits per heavy atom. The minimum Gasteiger partial charge on any atom is -0.507 e. The number of fused-ring (bicyclic) bond motifs is 2. The highest BCUT2D eigenvalue weighted by Crippen LogP contribution is 2.44. The number of rotatable bonds is 5. The van der Waals surface area contributed by atoms with Crippen molar-refractivity contribution in [1.82, 2.24) is 4.58 Å². The van der Waals surface area contributed by atoms with Gasteiger partial charge in [-0.05, 0) is 44.2 Å². The van der Waals surface area contributed by atoms with Crippen molar-refractivity contribution < 1.29 is 9.52 Å². The molecule has 2 aromatic carbocycles. The predicted molar refractivity (Wildman–Crippen MR) is 135 cm³/mol. The van der Waals surface area contributed by atoms with Crippen LogP contribution in [-0.4, -0.2) is 46.4 Å². The normalized spacial score (nSPS) is 11.2. The first-order chi connectivity index (χ1) is 15.3. The summed E-state index contributed by atoms with van der Waals surface area (Å²) in [5.41, 5.74) is 5.66. The van der Waals surface area contributed by atoms with E-state index in [-0.39, 0.29) is 5.75 Å². The van der Waals surface area contributed by atoms with Crippen LogP contribution in [0.25, 0.3) is 33.4 Å². The molecule has 2 aliphatic rings. The molecular formula is C27H32N3O2+. The Morgan fingerprint density at radius 2 is 1.53 bits per heavy atom. The number of hydrogen-bond donors (Lipinski definition) is 1. The second-order valence-electron chi connectivity index (χ2n) is 8.50. The minimum atomic E-state index is 0.275. The average molecular weight is 431 g/mol. The summed E-state index contributed by atoms with van der Waals surface area (Å²) >= 11 is 0.